The molecule has 15 heavy (non-hydrogen) atoms. The number of nitrogen functional groups attached to an aromatic ring is 1. The summed E-state index contributed by atoms with van der Waals surface area (Å²) in [6.45, 7) is 2.65. The molecule has 0 aliphatic heterocycles. The maximum atomic E-state index is 11.4. The Morgan fingerprint density at radius 3 is 2.87 bits per heavy atom. The molecule has 1 aromatic carbocycles. The van der Waals surface area contributed by atoms with Gasteiger partial charge < -0.3 is 10.6 Å². The molecule has 0 bridgehead atoms. The van der Waals surface area contributed by atoms with Crippen LogP contribution in [-0.2, 0) is 4.79 Å². The second-order valence-corrected chi connectivity index (χ2v) is 3.36. The number of likely N-dealkylation sites (N-methyl/N-ethyl adjacent to an activating group) is 1. The lowest BCUT2D eigenvalue weighted by Crippen LogP contribution is -2.23. The van der Waals surface area contributed by atoms with Crippen LogP contribution in [-0.4, -0.2) is 24.4 Å². The summed E-state index contributed by atoms with van der Waals surface area (Å²) >= 11 is 0. The Morgan fingerprint density at radius 1 is 1.53 bits per heavy atom. The van der Waals surface area contributed by atoms with Crippen LogP contribution in [0.4, 0.5) is 5.69 Å². The van der Waals surface area contributed by atoms with E-state index < -0.39 is 0 Å². The van der Waals surface area contributed by atoms with Gasteiger partial charge in [0.2, 0.25) is 5.91 Å². The van der Waals surface area contributed by atoms with E-state index in [1.54, 1.807) is 24.1 Å². The predicted molar refractivity (Wildman–Crippen MR) is 63.2 cm³/mol. The lowest BCUT2D eigenvalue weighted by atomic mass is 10.2. The molecular formula is C12H16N2O. The molecule has 1 amide bonds. The number of carbonyl (C=O) groups is 1. The van der Waals surface area contributed by atoms with Gasteiger partial charge in [-0.3, -0.25) is 4.79 Å². The molecule has 0 spiro atoms. The molecule has 0 saturated carbocycles. The van der Waals surface area contributed by atoms with Crippen LogP contribution in [0.2, 0.25) is 0 Å². The largest absolute Gasteiger partial charge is 0.399 e. The van der Waals surface area contributed by atoms with Gasteiger partial charge in [-0.15, -0.1) is 0 Å². The minimum atomic E-state index is -0.0000699. The van der Waals surface area contributed by atoms with E-state index in [2.05, 4.69) is 0 Å². The molecule has 0 unspecified atom stereocenters. The lowest BCUT2D eigenvalue weighted by Gasteiger charge is -2.10. The summed E-state index contributed by atoms with van der Waals surface area (Å²) in [5.74, 6) is -0.0000699. The fourth-order valence-electron chi connectivity index (χ4n) is 1.11. The highest BCUT2D eigenvalue weighted by Gasteiger charge is 2.00. The smallest absolute Gasteiger partial charge is 0.246 e. The standard InChI is InChI=1S/C12H16N2O/c1-3-14(2)12(15)8-7-10-5-4-6-11(13)9-10/h4-9H,3,13H2,1-2H3/b8-7+. The van der Waals surface area contributed by atoms with Gasteiger partial charge in [-0.05, 0) is 30.7 Å². The van der Waals surface area contributed by atoms with Crippen LogP contribution >= 0.6 is 0 Å². The molecule has 1 aromatic rings. The highest BCUT2D eigenvalue weighted by molar-refractivity contribution is 5.91. The Bertz CT molecular complexity index is 372. The Hall–Kier alpha value is -1.77. The molecule has 0 fully saturated rings. The summed E-state index contributed by atoms with van der Waals surface area (Å²) in [6, 6.07) is 7.42. The normalized spacial score (nSPS) is 10.5. The van der Waals surface area contributed by atoms with Gasteiger partial charge in [0.1, 0.15) is 0 Å². The van der Waals surface area contributed by atoms with Crippen LogP contribution in [0.1, 0.15) is 12.5 Å². The highest BCUT2D eigenvalue weighted by atomic mass is 16.2. The van der Waals surface area contributed by atoms with Gasteiger partial charge in [0, 0.05) is 25.4 Å². The summed E-state index contributed by atoms with van der Waals surface area (Å²) in [5.41, 5.74) is 7.26. The van der Waals surface area contributed by atoms with Crippen molar-refractivity contribution in [1.29, 1.82) is 0 Å². The van der Waals surface area contributed by atoms with E-state index in [-0.39, 0.29) is 5.91 Å². The number of hydrogen-bond donors (Lipinski definition) is 1. The zero-order valence-electron chi connectivity index (χ0n) is 9.10. The summed E-state index contributed by atoms with van der Waals surface area (Å²) in [5, 5.41) is 0. The summed E-state index contributed by atoms with van der Waals surface area (Å²) in [7, 11) is 1.77. The first-order chi connectivity index (χ1) is 7.13. The van der Waals surface area contributed by atoms with Gasteiger partial charge in [-0.1, -0.05) is 12.1 Å². The molecule has 2 N–H and O–H groups in total. The molecular weight excluding hydrogens is 188 g/mol. The molecule has 1 rings (SSSR count). The van der Waals surface area contributed by atoms with E-state index in [4.69, 9.17) is 5.73 Å². The van der Waals surface area contributed by atoms with Crippen molar-refractivity contribution in [2.45, 2.75) is 6.92 Å². The maximum absolute atomic E-state index is 11.4. The van der Waals surface area contributed by atoms with Crippen LogP contribution in [0.25, 0.3) is 6.08 Å². The average Bonchev–Trinajstić information content (AvgIpc) is 2.25. The van der Waals surface area contributed by atoms with Crippen molar-refractivity contribution in [3.05, 3.63) is 35.9 Å². The van der Waals surface area contributed by atoms with Crippen molar-refractivity contribution in [1.82, 2.24) is 4.90 Å². The van der Waals surface area contributed by atoms with E-state index in [1.807, 2.05) is 31.2 Å². The molecule has 3 nitrogen and oxygen atoms in total. The average molecular weight is 204 g/mol. The highest BCUT2D eigenvalue weighted by Crippen LogP contribution is 2.08. The van der Waals surface area contributed by atoms with Gasteiger partial charge in [-0.2, -0.15) is 0 Å². The number of hydrogen-bond acceptors (Lipinski definition) is 2. The Morgan fingerprint density at radius 2 is 2.27 bits per heavy atom. The first kappa shape index (κ1) is 11.3. The topological polar surface area (TPSA) is 46.3 Å². The summed E-state index contributed by atoms with van der Waals surface area (Å²) in [4.78, 5) is 13.1. The van der Waals surface area contributed by atoms with E-state index in [1.165, 1.54) is 0 Å². The maximum Gasteiger partial charge on any atom is 0.246 e. The number of anilines is 1. The molecule has 80 valence electrons. The van der Waals surface area contributed by atoms with Crippen LogP contribution in [0.3, 0.4) is 0 Å². The minimum Gasteiger partial charge on any atom is -0.399 e. The number of benzene rings is 1. The predicted octanol–water partition coefficient (Wildman–Crippen LogP) is 1.76. The van der Waals surface area contributed by atoms with Gasteiger partial charge in [0.05, 0.1) is 0 Å². The fraction of sp³-hybridized carbons (Fsp3) is 0.250. The number of nitrogens with zero attached hydrogens (tertiary/aromatic N) is 1. The van der Waals surface area contributed by atoms with Gasteiger partial charge in [-0.25, -0.2) is 0 Å². The minimum absolute atomic E-state index is 0.0000699. The summed E-state index contributed by atoms with van der Waals surface area (Å²) in [6.07, 6.45) is 3.32. The first-order valence-corrected chi connectivity index (χ1v) is 4.92. The molecule has 0 heterocycles. The second-order valence-electron chi connectivity index (χ2n) is 3.36. The molecule has 0 radical (unpaired) electrons. The fourth-order valence-corrected chi connectivity index (χ4v) is 1.11. The third-order valence-corrected chi connectivity index (χ3v) is 2.18. The first-order valence-electron chi connectivity index (χ1n) is 4.92. The Labute approximate surface area is 90.2 Å². The number of rotatable bonds is 3. The third kappa shape index (κ3) is 3.46. The van der Waals surface area contributed by atoms with Crippen LogP contribution in [0.15, 0.2) is 30.3 Å². The molecule has 0 atom stereocenters. The van der Waals surface area contributed by atoms with Gasteiger partial charge >= 0.3 is 0 Å². The molecule has 0 aromatic heterocycles. The van der Waals surface area contributed by atoms with E-state index in [0.29, 0.717) is 12.2 Å². The van der Waals surface area contributed by atoms with Gasteiger partial charge in [0.15, 0.2) is 0 Å². The quantitative estimate of drug-likeness (QED) is 0.602. The number of carbonyl (C=O) groups excluding carboxylic acids is 1. The SMILES string of the molecule is CCN(C)C(=O)/C=C/c1cccc(N)c1. The van der Waals surface area contributed by atoms with Crippen molar-refractivity contribution >= 4 is 17.7 Å². The van der Waals surface area contributed by atoms with Gasteiger partial charge in [0.25, 0.3) is 0 Å². The second kappa shape index (κ2) is 5.20. The van der Waals surface area contributed by atoms with Crippen molar-refractivity contribution in [2.75, 3.05) is 19.3 Å². The van der Waals surface area contributed by atoms with Crippen molar-refractivity contribution in [2.24, 2.45) is 0 Å². The lowest BCUT2D eigenvalue weighted by molar-refractivity contribution is -0.124. The van der Waals surface area contributed by atoms with E-state index in [9.17, 15) is 4.79 Å². The van der Waals surface area contributed by atoms with E-state index >= 15 is 0 Å². The van der Waals surface area contributed by atoms with Crippen molar-refractivity contribution < 1.29 is 4.79 Å². The zero-order chi connectivity index (χ0) is 11.3. The van der Waals surface area contributed by atoms with E-state index in [0.717, 1.165) is 5.56 Å². The monoisotopic (exact) mass is 204 g/mol. The molecule has 0 saturated heterocycles. The molecule has 3 heteroatoms. The number of nitrogens with two attached hydrogens (primary N) is 1. The molecule has 0 aliphatic rings. The van der Waals surface area contributed by atoms with Crippen LogP contribution < -0.4 is 5.73 Å². The summed E-state index contributed by atoms with van der Waals surface area (Å²) < 4.78 is 0. The third-order valence-electron chi connectivity index (χ3n) is 2.18. The Kier molecular flexibility index (Phi) is 3.92. The molecule has 0 aliphatic carbocycles. The Balaban J connectivity index is 2.69. The van der Waals surface area contributed by atoms with Crippen LogP contribution in [0.5, 0.6) is 0 Å². The van der Waals surface area contributed by atoms with Crippen molar-refractivity contribution in [3.63, 3.8) is 0 Å². The van der Waals surface area contributed by atoms with Crippen LogP contribution in [0, 0.1) is 0 Å². The zero-order valence-corrected chi connectivity index (χ0v) is 9.10. The van der Waals surface area contributed by atoms with Crippen molar-refractivity contribution in [3.8, 4) is 0 Å². The number of amides is 1.